The van der Waals surface area contributed by atoms with Gasteiger partial charge in [-0.1, -0.05) is 17.7 Å². The van der Waals surface area contributed by atoms with E-state index in [1.807, 2.05) is 30.3 Å². The molecule has 2 rings (SSSR count). The van der Waals surface area contributed by atoms with E-state index in [-0.39, 0.29) is 6.04 Å². The van der Waals surface area contributed by atoms with Gasteiger partial charge in [-0.15, -0.1) is 0 Å². The van der Waals surface area contributed by atoms with Gasteiger partial charge in [0.05, 0.1) is 18.6 Å². The molecule has 0 aliphatic rings. The van der Waals surface area contributed by atoms with Crippen LogP contribution < -0.4 is 11.1 Å². The third-order valence-corrected chi connectivity index (χ3v) is 2.58. The monoisotopic (exact) mass is 236 g/mol. The van der Waals surface area contributed by atoms with Crippen LogP contribution in [0.4, 0.5) is 5.69 Å². The Morgan fingerprint density at radius 1 is 1.38 bits per heavy atom. The molecule has 4 heteroatoms. The van der Waals surface area contributed by atoms with Gasteiger partial charge in [-0.2, -0.15) is 0 Å². The number of hydrogen-bond acceptors (Lipinski definition) is 3. The average Bonchev–Trinajstić information content (AvgIpc) is 2.79. The van der Waals surface area contributed by atoms with Crippen LogP contribution in [-0.4, -0.2) is 6.54 Å². The Morgan fingerprint density at radius 2 is 2.25 bits per heavy atom. The molecule has 3 N–H and O–H groups in total. The molecule has 0 aliphatic carbocycles. The van der Waals surface area contributed by atoms with E-state index >= 15 is 0 Å². The topological polar surface area (TPSA) is 51.2 Å². The van der Waals surface area contributed by atoms with Crippen molar-refractivity contribution in [1.29, 1.82) is 0 Å². The van der Waals surface area contributed by atoms with Gasteiger partial charge in [0.2, 0.25) is 0 Å². The van der Waals surface area contributed by atoms with Crippen molar-refractivity contribution in [1.82, 2.24) is 0 Å². The number of furan rings is 1. The highest BCUT2D eigenvalue weighted by molar-refractivity contribution is 6.30. The van der Waals surface area contributed by atoms with Crippen molar-refractivity contribution in [2.24, 2.45) is 5.73 Å². The second-order valence-electron chi connectivity index (χ2n) is 3.50. The van der Waals surface area contributed by atoms with Crippen molar-refractivity contribution in [3.63, 3.8) is 0 Å². The van der Waals surface area contributed by atoms with Crippen molar-refractivity contribution < 1.29 is 4.42 Å². The predicted molar refractivity (Wildman–Crippen MR) is 65.6 cm³/mol. The van der Waals surface area contributed by atoms with E-state index in [0.717, 1.165) is 11.3 Å². The minimum Gasteiger partial charge on any atom is -0.472 e. The van der Waals surface area contributed by atoms with E-state index in [1.165, 1.54) is 0 Å². The average molecular weight is 237 g/mol. The first-order chi connectivity index (χ1) is 7.79. The molecule has 0 radical (unpaired) electrons. The summed E-state index contributed by atoms with van der Waals surface area (Å²) in [7, 11) is 0. The third-order valence-electron chi connectivity index (χ3n) is 2.35. The summed E-state index contributed by atoms with van der Waals surface area (Å²) in [5.74, 6) is 0. The van der Waals surface area contributed by atoms with Gasteiger partial charge in [0.1, 0.15) is 0 Å². The van der Waals surface area contributed by atoms with Gasteiger partial charge in [0, 0.05) is 22.8 Å². The summed E-state index contributed by atoms with van der Waals surface area (Å²) in [6, 6.07) is 9.49. The summed E-state index contributed by atoms with van der Waals surface area (Å²) in [5.41, 5.74) is 7.69. The largest absolute Gasteiger partial charge is 0.472 e. The normalized spacial score (nSPS) is 12.4. The minimum atomic E-state index is 0.0391. The minimum absolute atomic E-state index is 0.0391. The van der Waals surface area contributed by atoms with E-state index in [4.69, 9.17) is 21.8 Å². The maximum Gasteiger partial charge on any atom is 0.0955 e. The lowest BCUT2D eigenvalue weighted by Crippen LogP contribution is -2.19. The molecule has 1 aromatic carbocycles. The predicted octanol–water partition coefficient (Wildman–Crippen LogP) is 3.04. The summed E-state index contributed by atoms with van der Waals surface area (Å²) in [6.07, 6.45) is 3.33. The first kappa shape index (κ1) is 11.0. The van der Waals surface area contributed by atoms with Gasteiger partial charge < -0.3 is 15.5 Å². The fourth-order valence-corrected chi connectivity index (χ4v) is 1.72. The Kier molecular flexibility index (Phi) is 3.49. The zero-order valence-corrected chi connectivity index (χ0v) is 9.45. The third kappa shape index (κ3) is 2.56. The summed E-state index contributed by atoms with van der Waals surface area (Å²) in [4.78, 5) is 0. The second-order valence-corrected chi connectivity index (χ2v) is 3.94. The Hall–Kier alpha value is -1.45. The molecule has 0 bridgehead atoms. The summed E-state index contributed by atoms with van der Waals surface area (Å²) in [5, 5.41) is 4.00. The second kappa shape index (κ2) is 5.05. The van der Waals surface area contributed by atoms with E-state index < -0.39 is 0 Å². The number of nitrogens with two attached hydrogens (primary N) is 1. The van der Waals surface area contributed by atoms with Crippen LogP contribution in [0, 0.1) is 0 Å². The molecule has 1 heterocycles. The van der Waals surface area contributed by atoms with Crippen LogP contribution in [0.15, 0.2) is 47.3 Å². The van der Waals surface area contributed by atoms with Crippen LogP contribution in [0.25, 0.3) is 0 Å². The molecule has 0 fully saturated rings. The lowest BCUT2D eigenvalue weighted by atomic mass is 10.1. The zero-order valence-electron chi connectivity index (χ0n) is 8.69. The molecule has 0 spiro atoms. The summed E-state index contributed by atoms with van der Waals surface area (Å²) >= 11 is 5.91. The summed E-state index contributed by atoms with van der Waals surface area (Å²) in [6.45, 7) is 0.492. The lowest BCUT2D eigenvalue weighted by Gasteiger charge is -2.16. The molecule has 0 aliphatic heterocycles. The highest BCUT2D eigenvalue weighted by Gasteiger charge is 2.10. The number of benzene rings is 1. The van der Waals surface area contributed by atoms with Crippen molar-refractivity contribution in [3.8, 4) is 0 Å². The van der Waals surface area contributed by atoms with Gasteiger partial charge in [0.25, 0.3) is 0 Å². The molecule has 16 heavy (non-hydrogen) atoms. The number of rotatable bonds is 4. The van der Waals surface area contributed by atoms with Gasteiger partial charge in [0.15, 0.2) is 0 Å². The molecule has 0 saturated heterocycles. The standard InChI is InChI=1S/C12H13ClN2O/c13-10-2-1-3-11(6-10)15-12(7-14)9-4-5-16-8-9/h1-6,8,12,15H,7,14H2. The molecule has 1 aromatic heterocycles. The first-order valence-electron chi connectivity index (χ1n) is 5.04. The Morgan fingerprint density at radius 3 is 2.88 bits per heavy atom. The molecule has 3 nitrogen and oxygen atoms in total. The van der Waals surface area contributed by atoms with E-state index in [1.54, 1.807) is 12.5 Å². The smallest absolute Gasteiger partial charge is 0.0955 e. The van der Waals surface area contributed by atoms with Crippen LogP contribution in [0.3, 0.4) is 0 Å². The first-order valence-corrected chi connectivity index (χ1v) is 5.41. The highest BCUT2D eigenvalue weighted by atomic mass is 35.5. The van der Waals surface area contributed by atoms with Crippen LogP contribution in [-0.2, 0) is 0 Å². The maximum atomic E-state index is 5.91. The fourth-order valence-electron chi connectivity index (χ4n) is 1.53. The van der Waals surface area contributed by atoms with E-state index in [0.29, 0.717) is 11.6 Å². The number of anilines is 1. The van der Waals surface area contributed by atoms with Crippen LogP contribution in [0.2, 0.25) is 5.02 Å². The van der Waals surface area contributed by atoms with Crippen molar-refractivity contribution in [2.75, 3.05) is 11.9 Å². The molecular weight excluding hydrogens is 224 g/mol. The van der Waals surface area contributed by atoms with Crippen LogP contribution >= 0.6 is 11.6 Å². The SMILES string of the molecule is NCC(Nc1cccc(Cl)c1)c1ccoc1. The number of nitrogens with one attached hydrogen (secondary N) is 1. The number of halogens is 1. The fraction of sp³-hybridized carbons (Fsp3) is 0.167. The Bertz CT molecular complexity index is 442. The molecular formula is C12H13ClN2O. The summed E-state index contributed by atoms with van der Waals surface area (Å²) < 4.78 is 5.04. The molecule has 1 atom stereocenters. The van der Waals surface area contributed by atoms with Crippen molar-refractivity contribution in [3.05, 3.63) is 53.4 Å². The molecule has 84 valence electrons. The number of hydrogen-bond donors (Lipinski definition) is 2. The van der Waals surface area contributed by atoms with Crippen LogP contribution in [0.5, 0.6) is 0 Å². The van der Waals surface area contributed by atoms with Gasteiger partial charge in [-0.25, -0.2) is 0 Å². The van der Waals surface area contributed by atoms with Gasteiger partial charge in [-0.3, -0.25) is 0 Å². The molecule has 0 saturated carbocycles. The van der Waals surface area contributed by atoms with Gasteiger partial charge >= 0.3 is 0 Å². The molecule has 2 aromatic rings. The molecule has 1 unspecified atom stereocenters. The lowest BCUT2D eigenvalue weighted by molar-refractivity contribution is 0.561. The van der Waals surface area contributed by atoms with Crippen molar-refractivity contribution >= 4 is 17.3 Å². The Balaban J connectivity index is 2.13. The van der Waals surface area contributed by atoms with Gasteiger partial charge in [-0.05, 0) is 24.3 Å². The maximum absolute atomic E-state index is 5.91. The van der Waals surface area contributed by atoms with E-state index in [9.17, 15) is 0 Å². The van der Waals surface area contributed by atoms with Crippen LogP contribution in [0.1, 0.15) is 11.6 Å². The zero-order chi connectivity index (χ0) is 11.4. The van der Waals surface area contributed by atoms with Crippen molar-refractivity contribution in [2.45, 2.75) is 6.04 Å². The van der Waals surface area contributed by atoms with E-state index in [2.05, 4.69) is 5.32 Å². The Labute approximate surface area is 99.2 Å². The molecule has 0 amide bonds. The quantitative estimate of drug-likeness (QED) is 0.858. The highest BCUT2D eigenvalue weighted by Crippen LogP contribution is 2.21.